The zero-order valence-corrected chi connectivity index (χ0v) is 16.6. The third kappa shape index (κ3) is 3.54. The minimum Gasteiger partial charge on any atom is -0.487 e. The molecule has 2 fully saturated rings. The van der Waals surface area contributed by atoms with Gasteiger partial charge in [0.1, 0.15) is 30.4 Å². The van der Waals surface area contributed by atoms with Crippen molar-refractivity contribution in [3.05, 3.63) is 59.7 Å². The van der Waals surface area contributed by atoms with Crippen molar-refractivity contribution < 1.29 is 18.1 Å². The van der Waals surface area contributed by atoms with Gasteiger partial charge in [0.15, 0.2) is 11.6 Å². The van der Waals surface area contributed by atoms with E-state index >= 15 is 4.39 Å². The van der Waals surface area contributed by atoms with Crippen molar-refractivity contribution in [1.82, 2.24) is 19.9 Å². The molecule has 1 amide bonds. The van der Waals surface area contributed by atoms with Crippen molar-refractivity contribution in [3.8, 4) is 17.1 Å². The van der Waals surface area contributed by atoms with Gasteiger partial charge in [0.25, 0.3) is 5.91 Å². The standard InChI is InChI=1S/C20H18FN5O3S/c21-17-14(20-22-19(23-24-20)13-6-7-13)8-9-15(29-11-12-4-2-1-3-5-12)18(17)26-10-16(27)25-30(26)28/h1-5,8-9,13H,6-7,10-11H2,(H,25,27)(H,22,23,24). The molecule has 1 saturated heterocycles. The normalized spacial score (nSPS) is 18.5. The third-order valence-corrected chi connectivity index (χ3v) is 6.08. The number of benzene rings is 2. The maximum atomic E-state index is 15.6. The number of H-pyrrole nitrogens is 1. The molecule has 1 aliphatic heterocycles. The molecule has 1 saturated carbocycles. The summed E-state index contributed by atoms with van der Waals surface area (Å²) in [6, 6.07) is 12.5. The number of nitrogens with zero attached hydrogens (tertiary/aromatic N) is 3. The van der Waals surface area contributed by atoms with Crippen LogP contribution in [0, 0.1) is 5.82 Å². The maximum absolute atomic E-state index is 15.6. The number of aromatic nitrogens is 3. The smallest absolute Gasteiger partial charge is 0.253 e. The fourth-order valence-corrected chi connectivity index (χ4v) is 4.21. The first-order chi connectivity index (χ1) is 14.6. The molecule has 1 aromatic heterocycles. The van der Waals surface area contributed by atoms with Crippen LogP contribution in [0.4, 0.5) is 10.1 Å². The van der Waals surface area contributed by atoms with Gasteiger partial charge in [0.05, 0.1) is 5.56 Å². The molecule has 0 bridgehead atoms. The Hall–Kier alpha value is -3.27. The molecule has 2 N–H and O–H groups in total. The van der Waals surface area contributed by atoms with Crippen LogP contribution in [0.25, 0.3) is 11.4 Å². The number of ether oxygens (including phenoxy) is 1. The molecule has 8 nitrogen and oxygen atoms in total. The molecular weight excluding hydrogens is 409 g/mol. The first-order valence-electron chi connectivity index (χ1n) is 9.51. The van der Waals surface area contributed by atoms with Crippen molar-refractivity contribution in [1.29, 1.82) is 0 Å². The van der Waals surface area contributed by atoms with E-state index in [1.54, 1.807) is 6.07 Å². The van der Waals surface area contributed by atoms with Crippen molar-refractivity contribution in [2.45, 2.75) is 25.4 Å². The molecule has 5 rings (SSSR count). The van der Waals surface area contributed by atoms with Gasteiger partial charge in [0, 0.05) is 5.92 Å². The Bertz CT molecular complexity index is 1130. The van der Waals surface area contributed by atoms with Crippen LogP contribution < -0.4 is 13.8 Å². The van der Waals surface area contributed by atoms with E-state index < -0.39 is 22.9 Å². The average molecular weight is 427 g/mol. The lowest BCUT2D eigenvalue weighted by atomic mass is 10.1. The number of halogens is 1. The fourth-order valence-electron chi connectivity index (χ4n) is 3.27. The fraction of sp³-hybridized carbons (Fsp3) is 0.250. The Morgan fingerprint density at radius 1 is 1.20 bits per heavy atom. The number of hydrogen-bond acceptors (Lipinski definition) is 5. The van der Waals surface area contributed by atoms with E-state index in [0.29, 0.717) is 5.92 Å². The molecule has 2 aliphatic rings. The van der Waals surface area contributed by atoms with E-state index in [0.717, 1.165) is 28.5 Å². The highest BCUT2D eigenvalue weighted by Crippen LogP contribution is 2.41. The Balaban J connectivity index is 1.53. The highest BCUT2D eigenvalue weighted by molar-refractivity contribution is 7.85. The number of rotatable bonds is 6. The number of carbonyl (C=O) groups is 1. The topological polar surface area (TPSA) is 100 Å². The number of hydrogen-bond donors (Lipinski definition) is 2. The summed E-state index contributed by atoms with van der Waals surface area (Å²) < 4.78 is 37.3. The van der Waals surface area contributed by atoms with E-state index in [4.69, 9.17) is 4.74 Å². The van der Waals surface area contributed by atoms with Crippen molar-refractivity contribution in [2.24, 2.45) is 0 Å². The summed E-state index contributed by atoms with van der Waals surface area (Å²) in [4.78, 5) is 16.1. The lowest BCUT2D eigenvalue weighted by Crippen LogP contribution is -2.24. The molecule has 1 atom stereocenters. The molecule has 0 radical (unpaired) electrons. The van der Waals surface area contributed by atoms with Gasteiger partial charge >= 0.3 is 0 Å². The summed E-state index contributed by atoms with van der Waals surface area (Å²) in [6.45, 7) is -0.0447. The number of anilines is 1. The predicted molar refractivity (Wildman–Crippen MR) is 108 cm³/mol. The summed E-state index contributed by atoms with van der Waals surface area (Å²) in [6.07, 6.45) is 2.07. The first-order valence-corrected chi connectivity index (χ1v) is 10.6. The lowest BCUT2D eigenvalue weighted by Gasteiger charge is -2.20. The van der Waals surface area contributed by atoms with Gasteiger partial charge in [-0.25, -0.2) is 13.6 Å². The monoisotopic (exact) mass is 427 g/mol. The first kappa shape index (κ1) is 18.7. The predicted octanol–water partition coefficient (Wildman–Crippen LogP) is 2.58. The van der Waals surface area contributed by atoms with Gasteiger partial charge in [-0.05, 0) is 30.5 Å². The zero-order chi connectivity index (χ0) is 20.7. The van der Waals surface area contributed by atoms with Gasteiger partial charge in [-0.15, -0.1) is 0 Å². The SMILES string of the molecule is O=C1CN(c2c(OCc3ccccc3)ccc(-c3n[nH]c(C4CC4)n3)c2F)S(=O)N1. The molecule has 1 aliphatic carbocycles. The Morgan fingerprint density at radius 2 is 2.00 bits per heavy atom. The lowest BCUT2D eigenvalue weighted by molar-refractivity contribution is -0.117. The third-order valence-electron chi connectivity index (χ3n) is 4.96. The molecule has 154 valence electrons. The molecule has 1 unspecified atom stereocenters. The van der Waals surface area contributed by atoms with Crippen molar-refractivity contribution >= 4 is 22.8 Å². The summed E-state index contributed by atoms with van der Waals surface area (Å²) in [5.41, 5.74) is 0.988. The van der Waals surface area contributed by atoms with E-state index in [2.05, 4.69) is 19.9 Å². The van der Waals surface area contributed by atoms with Crippen LogP contribution in [-0.4, -0.2) is 31.8 Å². The summed E-state index contributed by atoms with van der Waals surface area (Å²) >= 11 is -1.90. The van der Waals surface area contributed by atoms with Crippen LogP contribution in [0.5, 0.6) is 5.75 Å². The number of nitrogens with one attached hydrogen (secondary N) is 2. The molecule has 2 aromatic carbocycles. The molecule has 0 spiro atoms. The van der Waals surface area contributed by atoms with Gasteiger partial charge < -0.3 is 4.74 Å². The van der Waals surface area contributed by atoms with E-state index in [1.165, 1.54) is 6.07 Å². The quantitative estimate of drug-likeness (QED) is 0.630. The van der Waals surface area contributed by atoms with Crippen LogP contribution in [0.3, 0.4) is 0 Å². The molecular formula is C20H18FN5O3S. The zero-order valence-electron chi connectivity index (χ0n) is 15.8. The second kappa shape index (κ2) is 7.52. The maximum Gasteiger partial charge on any atom is 0.253 e. The van der Waals surface area contributed by atoms with Gasteiger partial charge in [-0.2, -0.15) is 5.10 Å². The highest BCUT2D eigenvalue weighted by Gasteiger charge is 2.34. The van der Waals surface area contributed by atoms with E-state index in [1.807, 2.05) is 30.3 Å². The summed E-state index contributed by atoms with van der Waals surface area (Å²) in [7, 11) is 0. The highest BCUT2D eigenvalue weighted by atomic mass is 32.2. The summed E-state index contributed by atoms with van der Waals surface area (Å²) in [5, 5.41) is 7.00. The Morgan fingerprint density at radius 3 is 2.70 bits per heavy atom. The van der Waals surface area contributed by atoms with Crippen LogP contribution in [-0.2, 0) is 22.6 Å². The molecule has 30 heavy (non-hydrogen) atoms. The van der Waals surface area contributed by atoms with Crippen molar-refractivity contribution in [3.63, 3.8) is 0 Å². The van der Waals surface area contributed by atoms with Crippen LogP contribution in [0.1, 0.15) is 30.1 Å². The van der Waals surface area contributed by atoms with Crippen LogP contribution in [0.2, 0.25) is 0 Å². The van der Waals surface area contributed by atoms with E-state index in [9.17, 15) is 9.00 Å². The van der Waals surface area contributed by atoms with Crippen LogP contribution >= 0.6 is 0 Å². The minimum atomic E-state index is -1.90. The van der Waals surface area contributed by atoms with Gasteiger partial charge in [-0.1, -0.05) is 30.3 Å². The number of carbonyl (C=O) groups excluding carboxylic acids is 1. The Labute approximate surface area is 174 Å². The molecule has 2 heterocycles. The second-order valence-corrected chi connectivity index (χ2v) is 8.32. The van der Waals surface area contributed by atoms with Gasteiger partial charge in [-0.3, -0.25) is 18.9 Å². The number of aromatic amines is 1. The largest absolute Gasteiger partial charge is 0.487 e. The van der Waals surface area contributed by atoms with Crippen molar-refractivity contribution in [2.75, 3.05) is 10.8 Å². The Kier molecular flexibility index (Phi) is 4.70. The van der Waals surface area contributed by atoms with E-state index in [-0.39, 0.29) is 36.0 Å². The summed E-state index contributed by atoms with van der Waals surface area (Å²) in [5.74, 6) is 0.331. The van der Waals surface area contributed by atoms with Gasteiger partial charge in [0.2, 0.25) is 11.2 Å². The average Bonchev–Trinajstić information content (AvgIpc) is 3.39. The minimum absolute atomic E-state index is 0.0575. The second-order valence-electron chi connectivity index (χ2n) is 7.18. The number of amides is 1. The molecule has 10 heteroatoms. The van der Waals surface area contributed by atoms with Crippen LogP contribution in [0.15, 0.2) is 42.5 Å². The molecule has 3 aromatic rings.